The van der Waals surface area contributed by atoms with Gasteiger partial charge in [-0.2, -0.15) is 0 Å². The summed E-state index contributed by atoms with van der Waals surface area (Å²) < 4.78 is 0. The van der Waals surface area contributed by atoms with Gasteiger partial charge < -0.3 is 20.2 Å². The number of hydrogen-bond acceptors (Lipinski definition) is 4. The van der Waals surface area contributed by atoms with Crippen LogP contribution in [-0.2, 0) is 11.8 Å². The first kappa shape index (κ1) is 22.8. The number of rotatable bonds is 6. The minimum Gasteiger partial charge on any atom is -0.478 e. The third-order valence-electron chi connectivity index (χ3n) is 5.88. The zero-order valence-corrected chi connectivity index (χ0v) is 18.9. The third kappa shape index (κ3) is 5.64. The lowest BCUT2D eigenvalue weighted by atomic mass is 9.85. The van der Waals surface area contributed by atoms with Crippen molar-refractivity contribution in [3.8, 4) is 0 Å². The van der Waals surface area contributed by atoms with Gasteiger partial charge in [-0.25, -0.2) is 4.79 Å². The molecule has 6 heteroatoms. The van der Waals surface area contributed by atoms with Crippen LogP contribution in [0.15, 0.2) is 42.5 Å². The first-order valence-corrected chi connectivity index (χ1v) is 10.8. The number of carbonyl (C=O) groups excluding carboxylic acids is 1. The van der Waals surface area contributed by atoms with E-state index < -0.39 is 5.97 Å². The molecule has 1 heterocycles. The van der Waals surface area contributed by atoms with Crippen LogP contribution in [-0.4, -0.2) is 61.7 Å². The van der Waals surface area contributed by atoms with Crippen molar-refractivity contribution < 1.29 is 14.7 Å². The van der Waals surface area contributed by atoms with E-state index in [0.29, 0.717) is 13.0 Å². The molecular weight excluding hydrogens is 390 g/mol. The van der Waals surface area contributed by atoms with Gasteiger partial charge in [0.25, 0.3) is 5.91 Å². The summed E-state index contributed by atoms with van der Waals surface area (Å²) in [5, 5.41) is 12.5. The Morgan fingerprint density at radius 3 is 2.32 bits per heavy atom. The number of nitrogens with zero attached hydrogens (tertiary/aromatic N) is 2. The summed E-state index contributed by atoms with van der Waals surface area (Å²) in [5.41, 5.74) is 3.35. The molecule has 0 saturated carbocycles. The quantitative estimate of drug-likeness (QED) is 0.745. The van der Waals surface area contributed by atoms with Crippen LogP contribution in [0.2, 0.25) is 0 Å². The van der Waals surface area contributed by atoms with Gasteiger partial charge in [-0.3, -0.25) is 4.79 Å². The lowest BCUT2D eigenvalue weighted by molar-refractivity contribution is 0.0691. The second kappa shape index (κ2) is 9.52. The van der Waals surface area contributed by atoms with Gasteiger partial charge in [-0.15, -0.1) is 0 Å². The van der Waals surface area contributed by atoms with E-state index in [4.69, 9.17) is 0 Å². The summed E-state index contributed by atoms with van der Waals surface area (Å²) in [6.45, 7) is 10.6. The fourth-order valence-electron chi connectivity index (χ4n) is 3.87. The molecule has 0 aromatic heterocycles. The molecule has 0 aliphatic carbocycles. The van der Waals surface area contributed by atoms with Crippen molar-refractivity contribution in [2.24, 2.45) is 0 Å². The van der Waals surface area contributed by atoms with E-state index in [1.54, 1.807) is 12.1 Å². The number of carboxylic acid groups (broad SMARTS) is 1. The molecular formula is C25H33N3O3. The highest BCUT2D eigenvalue weighted by molar-refractivity contribution is 6.05. The molecule has 1 amide bonds. The molecule has 1 aliphatic rings. The lowest BCUT2D eigenvalue weighted by Crippen LogP contribution is -2.44. The van der Waals surface area contributed by atoms with Crippen molar-refractivity contribution in [2.45, 2.75) is 32.6 Å². The van der Waals surface area contributed by atoms with Gasteiger partial charge in [0, 0.05) is 38.4 Å². The highest BCUT2D eigenvalue weighted by Gasteiger charge is 2.22. The number of carboxylic acids is 1. The SMILES string of the molecule is CN1CCN(c2ccccc2CCNC(=O)c2ccc(C(C)(C)C)cc2C(=O)O)CC1. The Kier molecular flexibility index (Phi) is 7.01. The van der Waals surface area contributed by atoms with Crippen LogP contribution in [0.25, 0.3) is 0 Å². The van der Waals surface area contributed by atoms with Gasteiger partial charge in [0.05, 0.1) is 11.1 Å². The zero-order valence-electron chi connectivity index (χ0n) is 18.9. The number of para-hydroxylation sites is 1. The Morgan fingerprint density at radius 1 is 1.00 bits per heavy atom. The molecule has 2 aromatic carbocycles. The van der Waals surface area contributed by atoms with Crippen LogP contribution in [0.1, 0.15) is 52.6 Å². The fourth-order valence-corrected chi connectivity index (χ4v) is 3.87. The molecule has 2 aromatic rings. The molecule has 1 saturated heterocycles. The maximum absolute atomic E-state index is 12.8. The minimum atomic E-state index is -1.09. The highest BCUT2D eigenvalue weighted by atomic mass is 16.4. The zero-order chi connectivity index (χ0) is 22.6. The van der Waals surface area contributed by atoms with Crippen LogP contribution in [0.3, 0.4) is 0 Å². The highest BCUT2D eigenvalue weighted by Crippen LogP contribution is 2.25. The van der Waals surface area contributed by atoms with E-state index in [0.717, 1.165) is 31.7 Å². The predicted molar refractivity (Wildman–Crippen MR) is 124 cm³/mol. The molecule has 166 valence electrons. The summed E-state index contributed by atoms with van der Waals surface area (Å²) >= 11 is 0. The van der Waals surface area contributed by atoms with Gasteiger partial charge in [-0.05, 0) is 48.2 Å². The Hall–Kier alpha value is -2.86. The molecule has 1 aliphatic heterocycles. The molecule has 0 unspecified atom stereocenters. The molecule has 31 heavy (non-hydrogen) atoms. The molecule has 0 spiro atoms. The smallest absolute Gasteiger partial charge is 0.336 e. The average Bonchev–Trinajstić information content (AvgIpc) is 2.73. The number of benzene rings is 2. The van der Waals surface area contributed by atoms with Crippen molar-refractivity contribution in [1.29, 1.82) is 0 Å². The number of hydrogen-bond donors (Lipinski definition) is 2. The Labute approximate surface area is 184 Å². The van der Waals surface area contributed by atoms with Gasteiger partial charge >= 0.3 is 5.97 Å². The number of anilines is 1. The van der Waals surface area contributed by atoms with Crippen LogP contribution in [0, 0.1) is 0 Å². The Balaban J connectivity index is 1.68. The summed E-state index contributed by atoms with van der Waals surface area (Å²) in [5.74, 6) is -1.44. The number of likely N-dealkylation sites (N-methyl/N-ethyl adjacent to an activating group) is 1. The largest absolute Gasteiger partial charge is 0.478 e. The number of amides is 1. The standard InChI is InChI=1S/C25H33N3O3/c1-25(2,3)19-9-10-20(21(17-19)24(30)31)23(29)26-12-11-18-7-5-6-8-22(18)28-15-13-27(4)14-16-28/h5-10,17H,11-16H2,1-4H3,(H,26,29)(H,30,31). The minimum absolute atomic E-state index is 0.0442. The second-order valence-electron chi connectivity index (χ2n) is 9.24. The van der Waals surface area contributed by atoms with Crippen molar-refractivity contribution in [1.82, 2.24) is 10.2 Å². The maximum Gasteiger partial charge on any atom is 0.336 e. The molecule has 3 rings (SSSR count). The topological polar surface area (TPSA) is 72.9 Å². The summed E-state index contributed by atoms with van der Waals surface area (Å²) in [4.78, 5) is 29.2. The van der Waals surface area contributed by atoms with Crippen LogP contribution >= 0.6 is 0 Å². The van der Waals surface area contributed by atoms with E-state index in [1.165, 1.54) is 11.3 Å². The first-order chi connectivity index (χ1) is 14.7. The molecule has 0 atom stereocenters. The van der Waals surface area contributed by atoms with Gasteiger partial charge in [0.15, 0.2) is 0 Å². The summed E-state index contributed by atoms with van der Waals surface area (Å²) in [6, 6.07) is 13.4. The maximum atomic E-state index is 12.8. The third-order valence-corrected chi connectivity index (χ3v) is 5.88. The first-order valence-electron chi connectivity index (χ1n) is 10.8. The number of aromatic carboxylic acids is 1. The van der Waals surface area contributed by atoms with Gasteiger partial charge in [0.2, 0.25) is 0 Å². The average molecular weight is 424 g/mol. The summed E-state index contributed by atoms with van der Waals surface area (Å²) in [7, 11) is 2.14. The molecule has 2 N–H and O–H groups in total. The van der Waals surface area contributed by atoms with Crippen molar-refractivity contribution in [3.05, 3.63) is 64.7 Å². The molecule has 0 radical (unpaired) electrons. The van der Waals surface area contributed by atoms with E-state index in [-0.39, 0.29) is 22.4 Å². The van der Waals surface area contributed by atoms with Gasteiger partial charge in [-0.1, -0.05) is 45.0 Å². The second-order valence-corrected chi connectivity index (χ2v) is 9.24. The number of piperazine rings is 1. The van der Waals surface area contributed by atoms with Crippen LogP contribution in [0.5, 0.6) is 0 Å². The molecule has 1 fully saturated rings. The van der Waals surface area contributed by atoms with E-state index >= 15 is 0 Å². The molecule has 0 bridgehead atoms. The number of carbonyl (C=O) groups is 2. The van der Waals surface area contributed by atoms with E-state index in [1.807, 2.05) is 39.0 Å². The van der Waals surface area contributed by atoms with Crippen molar-refractivity contribution in [3.63, 3.8) is 0 Å². The predicted octanol–water partition coefficient (Wildman–Crippen LogP) is 3.41. The van der Waals surface area contributed by atoms with Crippen LogP contribution in [0.4, 0.5) is 5.69 Å². The summed E-state index contributed by atoms with van der Waals surface area (Å²) in [6.07, 6.45) is 0.691. The lowest BCUT2D eigenvalue weighted by Gasteiger charge is -2.35. The van der Waals surface area contributed by atoms with E-state index in [9.17, 15) is 14.7 Å². The van der Waals surface area contributed by atoms with E-state index in [2.05, 4.69) is 34.3 Å². The Morgan fingerprint density at radius 2 is 1.68 bits per heavy atom. The van der Waals surface area contributed by atoms with Gasteiger partial charge in [0.1, 0.15) is 0 Å². The number of nitrogens with one attached hydrogen (secondary N) is 1. The van der Waals surface area contributed by atoms with Crippen molar-refractivity contribution in [2.75, 3.05) is 44.7 Å². The normalized spacial score (nSPS) is 15.0. The van der Waals surface area contributed by atoms with Crippen molar-refractivity contribution >= 4 is 17.6 Å². The fraction of sp³-hybridized carbons (Fsp3) is 0.440. The van der Waals surface area contributed by atoms with Crippen LogP contribution < -0.4 is 10.2 Å². The molecule has 6 nitrogen and oxygen atoms in total. The monoisotopic (exact) mass is 423 g/mol. The Bertz CT molecular complexity index is 941.